The third-order valence-electron chi connectivity index (χ3n) is 6.09. The van der Waals surface area contributed by atoms with Crippen LogP contribution in [0, 0.1) is 18.7 Å². The van der Waals surface area contributed by atoms with E-state index in [1.54, 1.807) is 29.2 Å². The van der Waals surface area contributed by atoms with Crippen LogP contribution in [-0.4, -0.2) is 17.1 Å². The van der Waals surface area contributed by atoms with Gasteiger partial charge in [-0.15, -0.1) is 0 Å². The van der Waals surface area contributed by atoms with Crippen LogP contribution < -0.4 is 15.8 Å². The predicted octanol–water partition coefficient (Wildman–Crippen LogP) is 3.76. The van der Waals surface area contributed by atoms with Crippen molar-refractivity contribution in [2.24, 2.45) is 5.92 Å². The minimum absolute atomic E-state index is 0.0632. The predicted molar refractivity (Wildman–Crippen MR) is 112 cm³/mol. The van der Waals surface area contributed by atoms with E-state index in [0.717, 1.165) is 11.1 Å². The van der Waals surface area contributed by atoms with Crippen LogP contribution in [0.4, 0.5) is 10.1 Å². The monoisotopic (exact) mass is 403 g/mol. The molecule has 0 spiro atoms. The molecule has 3 N–H and O–H groups in total. The van der Waals surface area contributed by atoms with Gasteiger partial charge < -0.3 is 10.0 Å². The Hall–Kier alpha value is -3.22. The minimum Gasteiger partial charge on any atom is -0.508 e. The molecule has 0 saturated carbocycles. The molecule has 2 heterocycles. The van der Waals surface area contributed by atoms with E-state index in [9.17, 15) is 14.3 Å². The Morgan fingerprint density at radius 3 is 2.10 bits per heavy atom. The molecule has 2 saturated heterocycles. The molecule has 4 atom stereocenters. The van der Waals surface area contributed by atoms with Crippen molar-refractivity contribution >= 4 is 11.6 Å². The molecule has 0 aromatic heterocycles. The van der Waals surface area contributed by atoms with Crippen LogP contribution in [0.2, 0.25) is 0 Å². The van der Waals surface area contributed by atoms with E-state index in [2.05, 4.69) is 35.1 Å². The number of aryl methyl sites for hydroxylation is 1. The third-order valence-corrected chi connectivity index (χ3v) is 6.09. The maximum absolute atomic E-state index is 13.5. The fraction of sp³-hybridized carbons (Fsp3) is 0.208. The second-order valence-electron chi connectivity index (χ2n) is 7.95. The van der Waals surface area contributed by atoms with E-state index < -0.39 is 6.04 Å². The first-order valence-corrected chi connectivity index (χ1v) is 9.98. The van der Waals surface area contributed by atoms with Gasteiger partial charge in [-0.25, -0.2) is 15.2 Å². The number of phenolic OH excluding ortho intramolecular Hbond substituents is 1. The number of carbonyl (C=O) groups is 1. The summed E-state index contributed by atoms with van der Waals surface area (Å²) in [5.74, 6) is -0.323. The fourth-order valence-corrected chi connectivity index (χ4v) is 4.63. The molecule has 2 aliphatic heterocycles. The zero-order chi connectivity index (χ0) is 20.8. The topological polar surface area (TPSA) is 64.6 Å². The fourth-order valence-electron chi connectivity index (χ4n) is 4.63. The van der Waals surface area contributed by atoms with E-state index in [1.807, 2.05) is 19.1 Å². The number of halogens is 1. The van der Waals surface area contributed by atoms with E-state index in [1.165, 1.54) is 17.7 Å². The molecule has 30 heavy (non-hydrogen) atoms. The summed E-state index contributed by atoms with van der Waals surface area (Å²) >= 11 is 0. The Morgan fingerprint density at radius 2 is 1.43 bits per heavy atom. The van der Waals surface area contributed by atoms with Crippen molar-refractivity contribution in [3.05, 3.63) is 95.3 Å². The van der Waals surface area contributed by atoms with Crippen LogP contribution in [0.3, 0.4) is 0 Å². The van der Waals surface area contributed by atoms with Gasteiger partial charge in [0.25, 0.3) is 0 Å². The summed E-state index contributed by atoms with van der Waals surface area (Å²) in [6.45, 7) is 2.04. The molecule has 1 amide bonds. The molecule has 0 radical (unpaired) electrons. The van der Waals surface area contributed by atoms with Crippen molar-refractivity contribution in [3.8, 4) is 5.75 Å². The van der Waals surface area contributed by atoms with Crippen molar-refractivity contribution in [1.82, 2.24) is 10.9 Å². The highest BCUT2D eigenvalue weighted by atomic mass is 19.1. The lowest BCUT2D eigenvalue weighted by molar-refractivity contribution is -0.119. The highest BCUT2D eigenvalue weighted by molar-refractivity contribution is 6.01. The first kappa shape index (κ1) is 18.8. The number of hydrazine groups is 1. The summed E-state index contributed by atoms with van der Waals surface area (Å²) in [6, 6.07) is 20.5. The molecule has 2 fully saturated rings. The lowest BCUT2D eigenvalue weighted by Gasteiger charge is -2.31. The Balaban J connectivity index is 1.62. The minimum atomic E-state index is -0.417. The first-order chi connectivity index (χ1) is 14.5. The summed E-state index contributed by atoms with van der Waals surface area (Å²) in [6.07, 6.45) is 0. The number of benzene rings is 3. The largest absolute Gasteiger partial charge is 0.508 e. The van der Waals surface area contributed by atoms with Gasteiger partial charge in [0.05, 0.1) is 12.1 Å². The maximum Gasteiger partial charge on any atom is 0.246 e. The number of fused-ring (bicyclic) bond motifs is 1. The summed E-state index contributed by atoms with van der Waals surface area (Å²) < 4.78 is 13.5. The van der Waals surface area contributed by atoms with Gasteiger partial charge in [-0.1, -0.05) is 42.0 Å². The summed E-state index contributed by atoms with van der Waals surface area (Å²) in [4.78, 5) is 15.2. The second kappa shape index (κ2) is 7.23. The number of carbonyl (C=O) groups excluding carboxylic acids is 1. The van der Waals surface area contributed by atoms with Gasteiger partial charge in [0.2, 0.25) is 5.91 Å². The van der Waals surface area contributed by atoms with Gasteiger partial charge in [0, 0.05) is 11.6 Å². The molecule has 3 aromatic carbocycles. The average Bonchev–Trinajstić information content (AvgIpc) is 3.29. The van der Waals surface area contributed by atoms with E-state index in [4.69, 9.17) is 0 Å². The molecular weight excluding hydrogens is 381 g/mol. The maximum atomic E-state index is 13.5. The van der Waals surface area contributed by atoms with E-state index in [-0.39, 0.29) is 35.5 Å². The SMILES string of the molecule is Cc1ccc(C2NNC3C(=O)N(c4ccc(F)cc4)C(c4ccc(O)cc4)C32)cc1. The number of rotatable bonds is 3. The van der Waals surface area contributed by atoms with E-state index >= 15 is 0 Å². The zero-order valence-electron chi connectivity index (χ0n) is 16.4. The van der Waals surface area contributed by atoms with Crippen LogP contribution in [-0.2, 0) is 4.79 Å². The second-order valence-corrected chi connectivity index (χ2v) is 7.95. The van der Waals surface area contributed by atoms with Gasteiger partial charge >= 0.3 is 0 Å². The third kappa shape index (κ3) is 3.05. The van der Waals surface area contributed by atoms with Crippen LogP contribution in [0.1, 0.15) is 28.8 Å². The number of amides is 1. The molecule has 2 aliphatic rings. The van der Waals surface area contributed by atoms with Crippen LogP contribution in [0.25, 0.3) is 0 Å². The number of hydrogen-bond acceptors (Lipinski definition) is 4. The van der Waals surface area contributed by atoms with Crippen molar-refractivity contribution < 1.29 is 14.3 Å². The number of phenols is 1. The van der Waals surface area contributed by atoms with Gasteiger partial charge in [0.1, 0.15) is 17.6 Å². The lowest BCUT2D eigenvalue weighted by Crippen LogP contribution is -2.41. The zero-order valence-corrected chi connectivity index (χ0v) is 16.4. The molecule has 0 aliphatic carbocycles. The van der Waals surface area contributed by atoms with Crippen molar-refractivity contribution in [1.29, 1.82) is 0 Å². The summed E-state index contributed by atoms with van der Waals surface area (Å²) in [5.41, 5.74) is 10.3. The van der Waals surface area contributed by atoms with Crippen LogP contribution >= 0.6 is 0 Å². The molecule has 4 unspecified atom stereocenters. The Bertz CT molecular complexity index is 1070. The quantitative estimate of drug-likeness (QED) is 0.623. The highest BCUT2D eigenvalue weighted by Crippen LogP contribution is 2.49. The Morgan fingerprint density at radius 1 is 0.833 bits per heavy atom. The Labute approximate surface area is 174 Å². The lowest BCUT2D eigenvalue weighted by atomic mass is 9.83. The number of hydrogen-bond donors (Lipinski definition) is 3. The van der Waals surface area contributed by atoms with Gasteiger partial charge in [-0.2, -0.15) is 0 Å². The highest BCUT2D eigenvalue weighted by Gasteiger charge is 2.55. The van der Waals surface area contributed by atoms with Crippen LogP contribution in [0.15, 0.2) is 72.8 Å². The van der Waals surface area contributed by atoms with Gasteiger partial charge in [0.15, 0.2) is 0 Å². The molecule has 152 valence electrons. The van der Waals surface area contributed by atoms with Crippen molar-refractivity contribution in [3.63, 3.8) is 0 Å². The van der Waals surface area contributed by atoms with Gasteiger partial charge in [-0.05, 0) is 54.4 Å². The number of nitrogens with zero attached hydrogens (tertiary/aromatic N) is 1. The summed E-state index contributed by atoms with van der Waals surface area (Å²) in [7, 11) is 0. The van der Waals surface area contributed by atoms with E-state index in [0.29, 0.717) is 5.69 Å². The standard InChI is InChI=1S/C24H22FN3O2/c1-14-2-4-15(5-3-14)21-20-22(27-26-21)24(30)28(18-10-8-17(25)9-11-18)23(20)16-6-12-19(29)13-7-16/h2-13,20-23,26-27,29H,1H3. The Kier molecular flexibility index (Phi) is 4.53. The number of nitrogens with one attached hydrogen (secondary N) is 2. The smallest absolute Gasteiger partial charge is 0.246 e. The molecule has 5 nitrogen and oxygen atoms in total. The molecular formula is C24H22FN3O2. The van der Waals surface area contributed by atoms with Gasteiger partial charge in [-0.3, -0.25) is 4.79 Å². The molecule has 3 aromatic rings. The molecule has 0 bridgehead atoms. The molecule has 6 heteroatoms. The number of anilines is 1. The average molecular weight is 403 g/mol. The molecule has 5 rings (SSSR count). The number of aromatic hydroxyl groups is 1. The normalized spacial score (nSPS) is 25.5. The summed E-state index contributed by atoms with van der Waals surface area (Å²) in [5, 5.41) is 9.76. The first-order valence-electron chi connectivity index (χ1n) is 9.98. The van der Waals surface area contributed by atoms with Crippen molar-refractivity contribution in [2.45, 2.75) is 25.0 Å². The van der Waals surface area contributed by atoms with Crippen molar-refractivity contribution in [2.75, 3.05) is 4.90 Å². The van der Waals surface area contributed by atoms with Crippen LogP contribution in [0.5, 0.6) is 5.75 Å².